The number of nitrogens with zero attached hydrogens (tertiary/aromatic N) is 3. The smallest absolute Gasteiger partial charge is 0.254 e. The lowest BCUT2D eigenvalue weighted by atomic mass is 10.2. The predicted octanol–water partition coefficient (Wildman–Crippen LogP) is 0.951. The summed E-state index contributed by atoms with van der Waals surface area (Å²) in [6.07, 6.45) is 3.26. The number of hydrogen-bond donors (Lipinski definition) is 1. The van der Waals surface area contributed by atoms with Gasteiger partial charge in [0.25, 0.3) is 5.91 Å². The highest BCUT2D eigenvalue weighted by atomic mass is 16.5. The topological polar surface area (TPSA) is 57.7 Å². The van der Waals surface area contributed by atoms with Crippen molar-refractivity contribution < 1.29 is 9.53 Å². The number of piperazine rings is 1. The number of anilines is 2. The van der Waals surface area contributed by atoms with Crippen LogP contribution in [0.25, 0.3) is 0 Å². The van der Waals surface area contributed by atoms with E-state index in [2.05, 4.69) is 27.1 Å². The molecule has 0 radical (unpaired) electrons. The molecule has 3 heterocycles. The Bertz CT molecular complexity index is 477. The van der Waals surface area contributed by atoms with Gasteiger partial charge in [-0.15, -0.1) is 0 Å². The van der Waals surface area contributed by atoms with Crippen molar-refractivity contribution in [2.75, 3.05) is 50.1 Å². The van der Waals surface area contributed by atoms with E-state index in [0.29, 0.717) is 12.4 Å². The standard InChI is InChI=1S/C15H22N4O2/c1-18-6-8-19(9-7-18)12-4-5-14(16-11-12)17-15(20)13-3-2-10-21-13/h4-5,11,13H,2-3,6-10H2,1H3,(H,16,17,20)/t13-/m0/s1. The van der Waals surface area contributed by atoms with Crippen molar-refractivity contribution in [3.63, 3.8) is 0 Å². The maximum Gasteiger partial charge on any atom is 0.254 e. The van der Waals surface area contributed by atoms with Crippen LogP contribution in [0.2, 0.25) is 0 Å². The Morgan fingerprint density at radius 2 is 2.14 bits per heavy atom. The molecule has 6 nitrogen and oxygen atoms in total. The molecule has 1 N–H and O–H groups in total. The van der Waals surface area contributed by atoms with Crippen molar-refractivity contribution in [3.05, 3.63) is 18.3 Å². The molecule has 1 atom stereocenters. The van der Waals surface area contributed by atoms with Crippen LogP contribution >= 0.6 is 0 Å². The zero-order chi connectivity index (χ0) is 14.7. The molecule has 1 aromatic heterocycles. The normalized spacial score (nSPS) is 23.3. The number of ether oxygens (including phenoxy) is 1. The van der Waals surface area contributed by atoms with E-state index < -0.39 is 0 Å². The molecule has 0 spiro atoms. The van der Waals surface area contributed by atoms with Gasteiger partial charge in [-0.25, -0.2) is 4.98 Å². The van der Waals surface area contributed by atoms with Crippen molar-refractivity contribution in [2.24, 2.45) is 0 Å². The van der Waals surface area contributed by atoms with Gasteiger partial charge < -0.3 is 19.9 Å². The van der Waals surface area contributed by atoms with Gasteiger partial charge in [0.15, 0.2) is 0 Å². The summed E-state index contributed by atoms with van der Waals surface area (Å²) in [7, 11) is 2.14. The first-order valence-electron chi connectivity index (χ1n) is 7.54. The van der Waals surface area contributed by atoms with Crippen molar-refractivity contribution in [1.82, 2.24) is 9.88 Å². The number of nitrogens with one attached hydrogen (secondary N) is 1. The van der Waals surface area contributed by atoms with Gasteiger partial charge in [0.05, 0.1) is 11.9 Å². The Morgan fingerprint density at radius 1 is 1.33 bits per heavy atom. The zero-order valence-corrected chi connectivity index (χ0v) is 12.4. The average Bonchev–Trinajstić information content (AvgIpc) is 3.03. The number of pyridine rings is 1. The number of aromatic nitrogens is 1. The fourth-order valence-corrected chi connectivity index (χ4v) is 2.70. The first-order chi connectivity index (χ1) is 10.2. The van der Waals surface area contributed by atoms with E-state index in [1.807, 2.05) is 18.3 Å². The highest BCUT2D eigenvalue weighted by Crippen LogP contribution is 2.18. The summed E-state index contributed by atoms with van der Waals surface area (Å²) in [6.45, 7) is 4.84. The third kappa shape index (κ3) is 3.51. The van der Waals surface area contributed by atoms with Crippen LogP contribution in [0.4, 0.5) is 11.5 Å². The Kier molecular flexibility index (Phi) is 4.36. The molecule has 114 valence electrons. The summed E-state index contributed by atoms with van der Waals surface area (Å²) in [5.41, 5.74) is 1.11. The van der Waals surface area contributed by atoms with Crippen LogP contribution in [0.1, 0.15) is 12.8 Å². The molecule has 0 unspecified atom stereocenters. The molecule has 2 aliphatic heterocycles. The van der Waals surface area contributed by atoms with Crippen molar-refractivity contribution in [2.45, 2.75) is 18.9 Å². The minimum Gasteiger partial charge on any atom is -0.368 e. The number of amides is 1. The molecule has 6 heteroatoms. The molecule has 21 heavy (non-hydrogen) atoms. The second-order valence-corrected chi connectivity index (χ2v) is 5.68. The van der Waals surface area contributed by atoms with E-state index in [0.717, 1.165) is 44.7 Å². The van der Waals surface area contributed by atoms with Crippen molar-refractivity contribution in [1.29, 1.82) is 0 Å². The van der Waals surface area contributed by atoms with E-state index in [4.69, 9.17) is 4.74 Å². The zero-order valence-electron chi connectivity index (χ0n) is 12.4. The monoisotopic (exact) mass is 290 g/mol. The SMILES string of the molecule is CN1CCN(c2ccc(NC(=O)[C@@H]3CCCO3)nc2)CC1. The summed E-state index contributed by atoms with van der Waals surface area (Å²) in [5.74, 6) is 0.501. The van der Waals surface area contributed by atoms with Crippen LogP contribution in [-0.4, -0.2) is 61.7 Å². The number of carbonyl (C=O) groups excluding carboxylic acids is 1. The van der Waals surface area contributed by atoms with Gasteiger partial charge in [-0.2, -0.15) is 0 Å². The fraction of sp³-hybridized carbons (Fsp3) is 0.600. The second-order valence-electron chi connectivity index (χ2n) is 5.68. The number of carbonyl (C=O) groups is 1. The van der Waals surface area contributed by atoms with Gasteiger partial charge in [-0.05, 0) is 32.0 Å². The fourth-order valence-electron chi connectivity index (χ4n) is 2.70. The van der Waals surface area contributed by atoms with E-state index in [9.17, 15) is 4.79 Å². The second kappa shape index (κ2) is 6.41. The van der Waals surface area contributed by atoms with Crippen molar-refractivity contribution in [3.8, 4) is 0 Å². The maximum atomic E-state index is 11.9. The first-order valence-corrected chi connectivity index (χ1v) is 7.54. The number of likely N-dealkylation sites (N-methyl/N-ethyl adjacent to an activating group) is 1. The molecule has 2 saturated heterocycles. The molecule has 0 bridgehead atoms. The Morgan fingerprint density at radius 3 is 2.76 bits per heavy atom. The van der Waals surface area contributed by atoms with Crippen LogP contribution < -0.4 is 10.2 Å². The highest BCUT2D eigenvalue weighted by Gasteiger charge is 2.23. The lowest BCUT2D eigenvalue weighted by Crippen LogP contribution is -2.44. The molecule has 1 amide bonds. The lowest BCUT2D eigenvalue weighted by Gasteiger charge is -2.33. The summed E-state index contributed by atoms with van der Waals surface area (Å²) < 4.78 is 5.36. The van der Waals surface area contributed by atoms with E-state index in [1.54, 1.807) is 0 Å². The van der Waals surface area contributed by atoms with E-state index in [1.165, 1.54) is 0 Å². The summed E-state index contributed by atoms with van der Waals surface area (Å²) >= 11 is 0. The van der Waals surface area contributed by atoms with E-state index >= 15 is 0 Å². The number of hydrogen-bond acceptors (Lipinski definition) is 5. The molecule has 3 rings (SSSR count). The largest absolute Gasteiger partial charge is 0.368 e. The third-order valence-electron chi connectivity index (χ3n) is 4.09. The Balaban J connectivity index is 1.57. The molecular weight excluding hydrogens is 268 g/mol. The Labute approximate surface area is 125 Å². The van der Waals surface area contributed by atoms with E-state index in [-0.39, 0.29) is 12.0 Å². The van der Waals surface area contributed by atoms with Crippen molar-refractivity contribution >= 4 is 17.4 Å². The molecule has 2 fully saturated rings. The summed E-state index contributed by atoms with van der Waals surface area (Å²) in [6, 6.07) is 3.88. The maximum absolute atomic E-state index is 11.9. The predicted molar refractivity (Wildman–Crippen MR) is 81.6 cm³/mol. The molecule has 2 aliphatic rings. The highest BCUT2D eigenvalue weighted by molar-refractivity contribution is 5.93. The van der Waals surface area contributed by atoms with Gasteiger partial charge in [0, 0.05) is 32.8 Å². The lowest BCUT2D eigenvalue weighted by molar-refractivity contribution is -0.124. The van der Waals surface area contributed by atoms with Gasteiger partial charge in [-0.3, -0.25) is 4.79 Å². The first kappa shape index (κ1) is 14.3. The minimum absolute atomic E-state index is 0.0904. The van der Waals surface area contributed by atoms with Gasteiger partial charge in [-0.1, -0.05) is 0 Å². The summed E-state index contributed by atoms with van der Waals surface area (Å²) in [4.78, 5) is 20.9. The minimum atomic E-state index is -0.316. The third-order valence-corrected chi connectivity index (χ3v) is 4.09. The molecule has 0 saturated carbocycles. The number of rotatable bonds is 3. The van der Waals surface area contributed by atoms with Crippen LogP contribution in [0, 0.1) is 0 Å². The molecule has 0 aromatic carbocycles. The summed E-state index contributed by atoms with van der Waals surface area (Å²) in [5, 5.41) is 2.82. The Hall–Kier alpha value is -1.66. The molecule has 0 aliphatic carbocycles. The average molecular weight is 290 g/mol. The quantitative estimate of drug-likeness (QED) is 0.898. The van der Waals surface area contributed by atoms with Crippen LogP contribution in [-0.2, 0) is 9.53 Å². The molecule has 1 aromatic rings. The van der Waals surface area contributed by atoms with Gasteiger partial charge in [0.1, 0.15) is 11.9 Å². The van der Waals surface area contributed by atoms with Gasteiger partial charge >= 0.3 is 0 Å². The van der Waals surface area contributed by atoms with Gasteiger partial charge in [0.2, 0.25) is 0 Å². The van der Waals surface area contributed by atoms with Crippen LogP contribution in [0.5, 0.6) is 0 Å². The van der Waals surface area contributed by atoms with Crippen LogP contribution in [0.15, 0.2) is 18.3 Å². The molecular formula is C15H22N4O2. The van der Waals surface area contributed by atoms with Crippen LogP contribution in [0.3, 0.4) is 0 Å².